The maximum atomic E-state index is 13.5. The number of nitrogens with zero attached hydrogens (tertiary/aromatic N) is 2. The lowest BCUT2D eigenvalue weighted by atomic mass is 9.45. The zero-order valence-corrected chi connectivity index (χ0v) is 23.6. The minimum absolute atomic E-state index is 0.0416. The van der Waals surface area contributed by atoms with E-state index in [1.165, 1.54) is 43.2 Å². The predicted octanol–water partition coefficient (Wildman–Crippen LogP) is 4.64. The molecule has 224 valence electrons. The van der Waals surface area contributed by atoms with Crippen LogP contribution in [0.3, 0.4) is 0 Å². The largest absolute Gasteiger partial charge is 0.573 e. The Bertz CT molecular complexity index is 1460. The molecule has 0 radical (unpaired) electrons. The van der Waals surface area contributed by atoms with Crippen LogP contribution in [-0.4, -0.2) is 76.2 Å². The highest BCUT2D eigenvalue weighted by Gasteiger charge is 2.75. The molecule has 2 aromatic rings. The van der Waals surface area contributed by atoms with E-state index in [0.29, 0.717) is 36.5 Å². The van der Waals surface area contributed by atoms with Crippen LogP contribution < -0.4 is 9.47 Å². The molecule has 7 rings (SSSR count). The number of piperidine rings is 1. The van der Waals surface area contributed by atoms with E-state index >= 15 is 0 Å². The van der Waals surface area contributed by atoms with E-state index in [0.717, 1.165) is 24.2 Å². The molecule has 7 nitrogen and oxygen atoms in total. The van der Waals surface area contributed by atoms with Crippen molar-refractivity contribution in [3.63, 3.8) is 0 Å². The molecule has 0 unspecified atom stereocenters. The summed E-state index contributed by atoms with van der Waals surface area (Å²) in [5, 5.41) is 23.7. The van der Waals surface area contributed by atoms with Gasteiger partial charge in [-0.2, -0.15) is 0 Å². The molecule has 3 aliphatic carbocycles. The van der Waals surface area contributed by atoms with E-state index in [9.17, 15) is 28.2 Å². The molecule has 0 aromatic heterocycles. The lowest BCUT2D eigenvalue weighted by Crippen LogP contribution is -2.80. The smallest absolute Gasteiger partial charge is 0.504 e. The second kappa shape index (κ2) is 9.38. The van der Waals surface area contributed by atoms with Gasteiger partial charge < -0.3 is 24.6 Å². The fraction of sp³-hybridized carbons (Fsp3) is 0.531. The average Bonchev–Trinajstić information content (AvgIpc) is 3.68. The molecule has 6 atom stereocenters. The third-order valence-electron chi connectivity index (χ3n) is 10.5. The van der Waals surface area contributed by atoms with Crippen LogP contribution in [-0.2, 0) is 16.6 Å². The molecule has 42 heavy (non-hydrogen) atoms. The molecule has 2 aliphatic heterocycles. The van der Waals surface area contributed by atoms with Crippen LogP contribution in [0.5, 0.6) is 17.2 Å². The number of ether oxygens (including phenoxy) is 2. The normalized spacial score (nSPS) is 33.3. The summed E-state index contributed by atoms with van der Waals surface area (Å²) in [7, 11) is 1.70. The van der Waals surface area contributed by atoms with E-state index in [1.54, 1.807) is 24.1 Å². The zero-order chi connectivity index (χ0) is 29.6. The third kappa shape index (κ3) is 4.05. The molecular weight excluding hydrogens is 549 g/mol. The summed E-state index contributed by atoms with van der Waals surface area (Å²) in [5.41, 5.74) is 0.505. The van der Waals surface area contributed by atoms with Gasteiger partial charge in [0.1, 0.15) is 11.9 Å². The van der Waals surface area contributed by atoms with Gasteiger partial charge in [0.25, 0.3) is 0 Å². The van der Waals surface area contributed by atoms with Gasteiger partial charge in [-0.05, 0) is 85.9 Å². The van der Waals surface area contributed by atoms with E-state index in [4.69, 9.17) is 4.74 Å². The summed E-state index contributed by atoms with van der Waals surface area (Å²) in [6.45, 7) is 3.85. The average molecular weight is 585 g/mol. The van der Waals surface area contributed by atoms with Gasteiger partial charge in [0.15, 0.2) is 11.5 Å². The highest BCUT2D eigenvalue weighted by Crippen LogP contribution is 2.67. The molecule has 1 saturated heterocycles. The number of alkyl halides is 3. The van der Waals surface area contributed by atoms with Gasteiger partial charge in [-0.15, -0.1) is 13.2 Å². The number of likely N-dealkylation sites (tertiary alicyclic amines) is 1. The van der Waals surface area contributed by atoms with Gasteiger partial charge in [-0.1, -0.05) is 25.1 Å². The van der Waals surface area contributed by atoms with Crippen LogP contribution in [0.25, 0.3) is 6.08 Å². The Morgan fingerprint density at radius 2 is 2.05 bits per heavy atom. The Labute approximate surface area is 242 Å². The van der Waals surface area contributed by atoms with Gasteiger partial charge in [-0.3, -0.25) is 9.69 Å². The number of carbonyl (C=O) groups excluding carboxylic acids is 1. The van der Waals surface area contributed by atoms with Gasteiger partial charge in [0, 0.05) is 31.3 Å². The van der Waals surface area contributed by atoms with Gasteiger partial charge in [-0.25, -0.2) is 0 Å². The highest BCUT2D eigenvalue weighted by molar-refractivity contribution is 5.92. The Morgan fingerprint density at radius 1 is 1.26 bits per heavy atom. The van der Waals surface area contributed by atoms with Crippen LogP contribution in [0.4, 0.5) is 13.2 Å². The van der Waals surface area contributed by atoms with E-state index < -0.39 is 29.5 Å². The first-order valence-corrected chi connectivity index (χ1v) is 14.7. The van der Waals surface area contributed by atoms with Crippen molar-refractivity contribution in [1.29, 1.82) is 0 Å². The maximum absolute atomic E-state index is 13.5. The van der Waals surface area contributed by atoms with Crippen LogP contribution in [0, 0.1) is 11.8 Å². The number of likely N-dealkylation sites (N-methyl/N-ethyl adjacent to an activating group) is 1. The summed E-state index contributed by atoms with van der Waals surface area (Å²) in [6.07, 6.45) is 1.74. The van der Waals surface area contributed by atoms with Crippen molar-refractivity contribution in [1.82, 2.24) is 9.80 Å². The van der Waals surface area contributed by atoms with Gasteiger partial charge in [0.2, 0.25) is 5.91 Å². The fourth-order valence-electron chi connectivity index (χ4n) is 8.52. The van der Waals surface area contributed by atoms with Crippen molar-refractivity contribution in [3.8, 4) is 17.2 Å². The third-order valence-corrected chi connectivity index (χ3v) is 10.5. The highest BCUT2D eigenvalue weighted by atomic mass is 19.4. The standard InChI is InChI=1S/C32H35F3N2O5/c1-18-14-23(36(2)26(39)11-8-19-4-3-5-22(15-19)42-32(33,34)35)29-30-12-13-37(17-20-6-7-20)25(31(18,30)40)16-21-9-10-24(38)28(41-29)27(21)30/h3-5,8-11,15,18,20,23,25,29,38,40H,6-7,12-14,16-17H2,1-2H3/t18-,23+,25+,29+,30-,31+/m0/s1. The number of carbonyl (C=O) groups is 1. The minimum Gasteiger partial charge on any atom is -0.504 e. The summed E-state index contributed by atoms with van der Waals surface area (Å²) in [5.74, 6) is 0.280. The van der Waals surface area contributed by atoms with Crippen molar-refractivity contribution < 1.29 is 37.7 Å². The Kier molecular flexibility index (Phi) is 6.16. The second-order valence-electron chi connectivity index (χ2n) is 12.8. The Hall–Kier alpha value is -3.24. The first kappa shape index (κ1) is 27.6. The van der Waals surface area contributed by atoms with Gasteiger partial charge >= 0.3 is 6.36 Å². The van der Waals surface area contributed by atoms with Crippen LogP contribution >= 0.6 is 0 Å². The monoisotopic (exact) mass is 584 g/mol. The molecule has 5 aliphatic rings. The summed E-state index contributed by atoms with van der Waals surface area (Å²) in [6, 6.07) is 8.59. The molecule has 2 bridgehead atoms. The van der Waals surface area contributed by atoms with Crippen molar-refractivity contribution in [2.24, 2.45) is 11.8 Å². The predicted molar refractivity (Wildman–Crippen MR) is 148 cm³/mol. The van der Waals surface area contributed by atoms with E-state index in [-0.39, 0.29) is 29.4 Å². The fourth-order valence-corrected chi connectivity index (χ4v) is 8.52. The minimum atomic E-state index is -4.81. The SMILES string of the molecule is C[C@H]1C[C@@H](N(C)C(=O)C=Cc2cccc(OC(F)(F)F)c2)[C@H]2Oc3c(O)ccc4c3[C@@]23CCN(CC2CC2)[C@H](C4)[C@]13O. The van der Waals surface area contributed by atoms with E-state index in [1.807, 2.05) is 6.07 Å². The molecule has 2 saturated carbocycles. The van der Waals surface area contributed by atoms with E-state index in [2.05, 4.69) is 16.6 Å². The number of aromatic hydroxyl groups is 1. The molecule has 1 spiro atoms. The van der Waals surface area contributed by atoms with Crippen molar-refractivity contribution in [2.45, 2.75) is 74.6 Å². The van der Waals surface area contributed by atoms with Crippen molar-refractivity contribution in [2.75, 3.05) is 20.1 Å². The lowest BCUT2D eigenvalue weighted by molar-refractivity contribution is -0.274. The molecular formula is C32H35F3N2O5. The quantitative estimate of drug-likeness (QED) is 0.482. The molecule has 2 aromatic carbocycles. The number of hydrogen-bond acceptors (Lipinski definition) is 6. The first-order valence-electron chi connectivity index (χ1n) is 14.7. The first-order chi connectivity index (χ1) is 19.9. The summed E-state index contributed by atoms with van der Waals surface area (Å²) in [4.78, 5) is 17.6. The number of phenolic OH excluding ortho intramolecular Hbond substituents is 1. The molecule has 10 heteroatoms. The van der Waals surface area contributed by atoms with Crippen molar-refractivity contribution >= 4 is 12.0 Å². The molecule has 2 heterocycles. The number of hydrogen-bond donors (Lipinski definition) is 2. The second-order valence-corrected chi connectivity index (χ2v) is 12.8. The number of amides is 1. The van der Waals surface area contributed by atoms with Crippen LogP contribution in [0.1, 0.15) is 49.3 Å². The van der Waals surface area contributed by atoms with Crippen molar-refractivity contribution in [3.05, 3.63) is 59.2 Å². The number of halogens is 3. The lowest BCUT2D eigenvalue weighted by Gasteiger charge is -2.67. The Balaban J connectivity index is 1.21. The molecule has 3 fully saturated rings. The van der Waals surface area contributed by atoms with Gasteiger partial charge in [0.05, 0.1) is 17.1 Å². The van der Waals surface area contributed by atoms with Crippen LogP contribution in [0.2, 0.25) is 0 Å². The Morgan fingerprint density at radius 3 is 2.79 bits per heavy atom. The number of phenols is 1. The topological polar surface area (TPSA) is 82.5 Å². The maximum Gasteiger partial charge on any atom is 0.573 e. The summed E-state index contributed by atoms with van der Waals surface area (Å²) < 4.78 is 48.6. The van der Waals surface area contributed by atoms with Crippen LogP contribution in [0.15, 0.2) is 42.5 Å². The summed E-state index contributed by atoms with van der Waals surface area (Å²) >= 11 is 0. The number of rotatable bonds is 6. The zero-order valence-electron chi connectivity index (χ0n) is 23.6. The number of aliphatic hydroxyl groups is 1. The number of benzene rings is 2. The molecule has 2 N–H and O–H groups in total. The molecule has 1 amide bonds.